The van der Waals surface area contributed by atoms with Crippen molar-refractivity contribution in [1.82, 2.24) is 10.2 Å². The smallest absolute Gasteiger partial charge is 0.354 e. The summed E-state index contributed by atoms with van der Waals surface area (Å²) in [6.07, 6.45) is -4.07. The van der Waals surface area contributed by atoms with Gasteiger partial charge in [-0.25, -0.2) is 8.42 Å². The second kappa shape index (κ2) is 14.3. The minimum absolute atomic E-state index is 0.149. The van der Waals surface area contributed by atoms with Crippen molar-refractivity contribution < 1.29 is 31.2 Å². The summed E-state index contributed by atoms with van der Waals surface area (Å²) in [5.74, 6) is -1.28. The zero-order valence-electron chi connectivity index (χ0n) is 22.9. The van der Waals surface area contributed by atoms with Gasteiger partial charge in [-0.15, -0.1) is 0 Å². The number of anilines is 1. The van der Waals surface area contributed by atoms with Gasteiger partial charge in [0.1, 0.15) is 12.6 Å². The summed E-state index contributed by atoms with van der Waals surface area (Å²) in [4.78, 5) is 28.1. The van der Waals surface area contributed by atoms with Crippen LogP contribution in [0.5, 0.6) is 0 Å². The first-order valence-corrected chi connectivity index (χ1v) is 15.3. The van der Waals surface area contributed by atoms with Crippen molar-refractivity contribution in [3.8, 4) is 0 Å². The molecular formula is C29H30Cl2F3N3O4S. The van der Waals surface area contributed by atoms with Crippen LogP contribution >= 0.6 is 23.2 Å². The maximum atomic E-state index is 14.0. The Morgan fingerprint density at radius 2 is 1.57 bits per heavy atom. The fourth-order valence-electron chi connectivity index (χ4n) is 4.23. The first-order valence-electron chi connectivity index (χ1n) is 13.1. The third-order valence-corrected chi connectivity index (χ3v) is 8.87. The Kier molecular flexibility index (Phi) is 11.3. The molecule has 0 saturated heterocycles. The molecule has 0 bridgehead atoms. The summed E-state index contributed by atoms with van der Waals surface area (Å²) in [5.41, 5.74) is -1.19. The van der Waals surface area contributed by atoms with Gasteiger partial charge in [0.25, 0.3) is 10.0 Å². The lowest BCUT2D eigenvalue weighted by Crippen LogP contribution is -2.52. The number of nitrogens with zero attached hydrogens (tertiary/aromatic N) is 2. The van der Waals surface area contributed by atoms with Gasteiger partial charge in [-0.05, 0) is 54.8 Å². The second-order valence-corrected chi connectivity index (χ2v) is 12.0. The topological polar surface area (TPSA) is 86.8 Å². The van der Waals surface area contributed by atoms with Crippen LogP contribution in [0.15, 0.2) is 77.7 Å². The summed E-state index contributed by atoms with van der Waals surface area (Å²) in [6, 6.07) is 15.2. The van der Waals surface area contributed by atoms with E-state index < -0.39 is 56.9 Å². The third-order valence-electron chi connectivity index (χ3n) is 6.39. The van der Waals surface area contributed by atoms with Crippen LogP contribution in [0.25, 0.3) is 0 Å². The first kappa shape index (κ1) is 33.2. The number of rotatable bonds is 12. The number of amides is 2. The summed E-state index contributed by atoms with van der Waals surface area (Å²) in [6.45, 7) is 2.85. The van der Waals surface area contributed by atoms with Crippen molar-refractivity contribution in [1.29, 1.82) is 0 Å². The van der Waals surface area contributed by atoms with E-state index in [0.29, 0.717) is 33.9 Å². The number of alkyl halides is 3. The molecule has 2 amide bonds. The molecule has 3 aromatic rings. The van der Waals surface area contributed by atoms with Crippen molar-refractivity contribution in [2.24, 2.45) is 0 Å². The van der Waals surface area contributed by atoms with Crippen LogP contribution in [-0.2, 0) is 32.3 Å². The van der Waals surface area contributed by atoms with Crippen molar-refractivity contribution in [3.63, 3.8) is 0 Å². The van der Waals surface area contributed by atoms with Gasteiger partial charge in [0.05, 0.1) is 21.2 Å². The molecule has 0 heterocycles. The molecule has 0 aliphatic heterocycles. The number of sulfonamides is 1. The fourth-order valence-corrected chi connectivity index (χ4v) is 6.08. The van der Waals surface area contributed by atoms with Gasteiger partial charge < -0.3 is 10.2 Å². The number of hydrogen-bond donors (Lipinski definition) is 1. The zero-order chi connectivity index (χ0) is 31.1. The fraction of sp³-hybridized carbons (Fsp3) is 0.310. The summed E-state index contributed by atoms with van der Waals surface area (Å²) >= 11 is 12.1. The van der Waals surface area contributed by atoms with Crippen LogP contribution in [-0.4, -0.2) is 44.3 Å². The average molecular weight is 645 g/mol. The molecule has 0 aliphatic carbocycles. The van der Waals surface area contributed by atoms with Crippen molar-refractivity contribution in [3.05, 3.63) is 94.0 Å². The van der Waals surface area contributed by atoms with E-state index in [1.165, 1.54) is 29.2 Å². The molecule has 3 rings (SSSR count). The Morgan fingerprint density at radius 3 is 2.17 bits per heavy atom. The highest BCUT2D eigenvalue weighted by Crippen LogP contribution is 2.38. The molecule has 0 aliphatic rings. The molecular weight excluding hydrogens is 614 g/mol. The van der Waals surface area contributed by atoms with Gasteiger partial charge in [-0.3, -0.25) is 13.9 Å². The van der Waals surface area contributed by atoms with Crippen LogP contribution in [0.4, 0.5) is 18.9 Å². The van der Waals surface area contributed by atoms with Gasteiger partial charge in [0, 0.05) is 18.1 Å². The second-order valence-electron chi connectivity index (χ2n) is 9.31. The number of nitrogens with one attached hydrogen (secondary N) is 1. The van der Waals surface area contributed by atoms with Gasteiger partial charge >= 0.3 is 6.18 Å². The zero-order valence-corrected chi connectivity index (χ0v) is 25.2. The molecule has 0 unspecified atom stereocenters. The number of carbonyl (C=O) groups excluding carboxylic acids is 2. The van der Waals surface area contributed by atoms with Crippen molar-refractivity contribution >= 4 is 50.7 Å². The van der Waals surface area contributed by atoms with E-state index in [-0.39, 0.29) is 17.9 Å². The molecule has 0 aromatic heterocycles. The van der Waals surface area contributed by atoms with Crippen LogP contribution in [0.3, 0.4) is 0 Å². The number of carbonyl (C=O) groups is 2. The highest BCUT2D eigenvalue weighted by Gasteiger charge is 2.37. The predicted molar refractivity (Wildman–Crippen MR) is 157 cm³/mol. The monoisotopic (exact) mass is 643 g/mol. The number of halogens is 5. The molecule has 0 fully saturated rings. The summed E-state index contributed by atoms with van der Waals surface area (Å²) < 4.78 is 69.4. The van der Waals surface area contributed by atoms with Crippen molar-refractivity contribution in [2.75, 3.05) is 17.4 Å². The standard InChI is InChI=1S/C29H30Cl2F3N3O4S/c1-3-16-35-28(39)26(4-2)36(18-20-10-8-9-13-24(20)30)27(38)19-37(42(40,41)22-11-6-5-7-12-22)21-14-15-25(31)23(17-21)29(32,33)34/h5-15,17,26H,3-4,16,18-19H2,1-2H3,(H,35,39)/t26-/m0/s1. The molecule has 0 radical (unpaired) electrons. The van der Waals surface area contributed by atoms with Gasteiger partial charge in [-0.2, -0.15) is 13.2 Å². The number of hydrogen-bond acceptors (Lipinski definition) is 4. The predicted octanol–water partition coefficient (Wildman–Crippen LogP) is 6.54. The minimum Gasteiger partial charge on any atom is -0.354 e. The average Bonchev–Trinajstić information content (AvgIpc) is 2.95. The lowest BCUT2D eigenvalue weighted by Gasteiger charge is -2.33. The third kappa shape index (κ3) is 7.96. The van der Waals surface area contributed by atoms with Gasteiger partial charge in [-0.1, -0.05) is 73.4 Å². The first-order chi connectivity index (χ1) is 19.8. The highest BCUT2D eigenvalue weighted by molar-refractivity contribution is 7.92. The minimum atomic E-state index is -4.89. The molecule has 42 heavy (non-hydrogen) atoms. The molecule has 1 atom stereocenters. The quantitative estimate of drug-likeness (QED) is 0.243. The van der Waals surface area contributed by atoms with Crippen LogP contribution in [0.2, 0.25) is 10.0 Å². The molecule has 0 spiro atoms. The van der Waals surface area contributed by atoms with E-state index in [4.69, 9.17) is 23.2 Å². The largest absolute Gasteiger partial charge is 0.417 e. The van der Waals surface area contributed by atoms with E-state index in [9.17, 15) is 31.2 Å². The molecule has 1 N–H and O–H groups in total. The molecule has 7 nitrogen and oxygen atoms in total. The van der Waals surface area contributed by atoms with E-state index in [0.717, 1.165) is 12.1 Å². The summed E-state index contributed by atoms with van der Waals surface area (Å²) in [7, 11) is -4.56. The maximum Gasteiger partial charge on any atom is 0.417 e. The Morgan fingerprint density at radius 1 is 0.929 bits per heavy atom. The lowest BCUT2D eigenvalue weighted by molar-refractivity contribution is -0.140. The lowest BCUT2D eigenvalue weighted by atomic mass is 10.1. The molecule has 3 aromatic carbocycles. The van der Waals surface area contributed by atoms with Gasteiger partial charge in [0.15, 0.2) is 0 Å². The van der Waals surface area contributed by atoms with E-state index in [1.54, 1.807) is 37.3 Å². The maximum absolute atomic E-state index is 14.0. The normalized spacial score (nSPS) is 12.5. The van der Waals surface area contributed by atoms with Crippen LogP contribution in [0.1, 0.15) is 37.8 Å². The van der Waals surface area contributed by atoms with E-state index >= 15 is 0 Å². The Bertz CT molecular complexity index is 1510. The van der Waals surface area contributed by atoms with E-state index in [1.807, 2.05) is 6.92 Å². The Balaban J connectivity index is 2.14. The molecule has 13 heteroatoms. The Labute approximate surface area is 253 Å². The van der Waals surface area contributed by atoms with Gasteiger partial charge in [0.2, 0.25) is 11.8 Å². The Hall–Kier alpha value is -3.28. The SMILES string of the molecule is CCCNC(=O)[C@H](CC)N(Cc1ccccc1Cl)C(=O)CN(c1ccc(Cl)c(C(F)(F)F)c1)S(=O)(=O)c1ccccc1. The number of benzene rings is 3. The van der Waals surface area contributed by atoms with Crippen molar-refractivity contribution in [2.45, 2.75) is 50.3 Å². The van der Waals surface area contributed by atoms with E-state index in [2.05, 4.69) is 5.32 Å². The highest BCUT2D eigenvalue weighted by atomic mass is 35.5. The molecule has 0 saturated carbocycles. The van der Waals surface area contributed by atoms with Crippen LogP contribution < -0.4 is 9.62 Å². The summed E-state index contributed by atoms with van der Waals surface area (Å²) in [5, 5.41) is 2.44. The molecule has 226 valence electrons. The van der Waals surface area contributed by atoms with Crippen LogP contribution in [0, 0.1) is 0 Å².